The summed E-state index contributed by atoms with van der Waals surface area (Å²) < 4.78 is 0. The highest BCUT2D eigenvalue weighted by Gasteiger charge is 2.18. The molecule has 0 heterocycles. The average Bonchev–Trinajstić information content (AvgIpc) is 2.29. The van der Waals surface area contributed by atoms with E-state index in [4.69, 9.17) is 11.1 Å². The summed E-state index contributed by atoms with van der Waals surface area (Å²) in [6, 6.07) is 4.90. The first-order valence-electron chi connectivity index (χ1n) is 4.18. The first-order chi connectivity index (χ1) is 7.97. The van der Waals surface area contributed by atoms with Crippen LogP contribution in [0, 0.1) is 31.6 Å². The number of nitro groups is 2. The minimum absolute atomic E-state index is 0.0283. The molecule has 0 saturated carbocycles. The third kappa shape index (κ3) is 4.10. The number of nitro benzene ring substituents is 2. The molecule has 17 heavy (non-hydrogen) atoms. The molecule has 1 aromatic rings. The smallest absolute Gasteiger partial charge is 0.300 e. The van der Waals surface area contributed by atoms with Crippen molar-refractivity contribution in [1.82, 2.24) is 0 Å². The van der Waals surface area contributed by atoms with Gasteiger partial charge in [0.1, 0.15) is 5.69 Å². The minimum atomic E-state index is -0.748. The molecule has 9 heteroatoms. The van der Waals surface area contributed by atoms with Gasteiger partial charge in [-0.2, -0.15) is 5.26 Å². The molecule has 9 nitrogen and oxygen atoms in total. The monoisotopic (exact) mass is 239 g/mol. The van der Waals surface area contributed by atoms with E-state index in [9.17, 15) is 20.2 Å². The molecule has 0 amide bonds. The van der Waals surface area contributed by atoms with Crippen molar-refractivity contribution in [3.05, 3.63) is 38.4 Å². The van der Waals surface area contributed by atoms with Gasteiger partial charge in [0.15, 0.2) is 0 Å². The molecule has 0 atom stereocenters. The maximum absolute atomic E-state index is 10.4. The maximum Gasteiger partial charge on any atom is 0.300 e. The molecule has 0 saturated heterocycles. The zero-order valence-electron chi connectivity index (χ0n) is 8.78. The quantitative estimate of drug-likeness (QED) is 0.458. The molecule has 0 aliphatic carbocycles. The fraction of sp³-hybridized carbons (Fsp3) is 0.125. The third-order valence-corrected chi connectivity index (χ3v) is 1.54. The molecule has 1 aromatic carbocycles. The number of benzene rings is 1. The maximum atomic E-state index is 10.4. The largest absolute Gasteiger partial charge is 0.318 e. The van der Waals surface area contributed by atoms with E-state index in [1.54, 1.807) is 6.07 Å². The van der Waals surface area contributed by atoms with Gasteiger partial charge in [0.05, 0.1) is 22.0 Å². The lowest BCUT2D eigenvalue weighted by atomic mass is 10.2. The third-order valence-electron chi connectivity index (χ3n) is 1.54. The lowest BCUT2D eigenvalue weighted by Crippen LogP contribution is -2.09. The molecule has 0 aliphatic heterocycles. The molecule has 0 bridgehead atoms. The van der Waals surface area contributed by atoms with Crippen molar-refractivity contribution in [3.63, 3.8) is 0 Å². The predicted molar refractivity (Wildman–Crippen MR) is 58.8 cm³/mol. The molecule has 3 N–H and O–H groups in total. The summed E-state index contributed by atoms with van der Waals surface area (Å²) in [4.78, 5) is 19.3. The summed E-state index contributed by atoms with van der Waals surface area (Å²) in [7, 11) is 0. The SMILES string of the molecule is CC#N.NNc1ccc([N+](=O)[O-])cc1[N+](=O)[O-]. The van der Waals surface area contributed by atoms with Gasteiger partial charge < -0.3 is 5.43 Å². The van der Waals surface area contributed by atoms with E-state index in [0.717, 1.165) is 12.1 Å². The second kappa shape index (κ2) is 6.70. The number of nitrogens with two attached hydrogens (primary N) is 1. The van der Waals surface area contributed by atoms with E-state index in [1.807, 2.05) is 0 Å². The Hall–Kier alpha value is -2.73. The number of nitriles is 1. The van der Waals surface area contributed by atoms with Gasteiger partial charge >= 0.3 is 5.69 Å². The second-order valence-corrected chi connectivity index (χ2v) is 2.58. The van der Waals surface area contributed by atoms with Gasteiger partial charge in [-0.1, -0.05) is 0 Å². The van der Waals surface area contributed by atoms with Crippen molar-refractivity contribution in [3.8, 4) is 6.07 Å². The van der Waals surface area contributed by atoms with Crippen LogP contribution in [0.4, 0.5) is 17.1 Å². The highest BCUT2D eigenvalue weighted by molar-refractivity contribution is 5.64. The molecular weight excluding hydrogens is 230 g/mol. The Morgan fingerprint density at radius 2 is 1.88 bits per heavy atom. The number of hydrogen-bond donors (Lipinski definition) is 2. The summed E-state index contributed by atoms with van der Waals surface area (Å²) in [6.07, 6.45) is 0. The van der Waals surface area contributed by atoms with E-state index in [0.29, 0.717) is 0 Å². The zero-order chi connectivity index (χ0) is 13.4. The van der Waals surface area contributed by atoms with Crippen LogP contribution in [0.25, 0.3) is 0 Å². The molecule has 0 radical (unpaired) electrons. The van der Waals surface area contributed by atoms with E-state index in [2.05, 4.69) is 5.43 Å². The molecule has 0 unspecified atom stereocenters. The van der Waals surface area contributed by atoms with Gasteiger partial charge in [-0.25, -0.2) is 0 Å². The summed E-state index contributed by atoms with van der Waals surface area (Å²) >= 11 is 0. The molecule has 1 rings (SSSR count). The van der Waals surface area contributed by atoms with Crippen LogP contribution in [0.5, 0.6) is 0 Å². The average molecular weight is 239 g/mol. The Kier molecular flexibility index (Phi) is 5.62. The van der Waals surface area contributed by atoms with Crippen LogP contribution in [0.2, 0.25) is 0 Å². The van der Waals surface area contributed by atoms with Gasteiger partial charge in [0.2, 0.25) is 0 Å². The van der Waals surface area contributed by atoms with E-state index in [1.165, 1.54) is 13.0 Å². The van der Waals surface area contributed by atoms with Crippen LogP contribution in [0.3, 0.4) is 0 Å². The number of rotatable bonds is 3. The Morgan fingerprint density at radius 3 is 2.24 bits per heavy atom. The molecule has 0 spiro atoms. The predicted octanol–water partition coefficient (Wildman–Crippen LogP) is 1.32. The summed E-state index contributed by atoms with van der Waals surface area (Å²) in [6.45, 7) is 1.43. The minimum Gasteiger partial charge on any atom is -0.318 e. The number of nitrogen functional groups attached to an aromatic ring is 1. The molecule has 90 valence electrons. The normalized spacial score (nSPS) is 8.29. The Balaban J connectivity index is 0.000000770. The number of hydrazine groups is 1. The van der Waals surface area contributed by atoms with Crippen LogP contribution >= 0.6 is 0 Å². The van der Waals surface area contributed by atoms with Crippen LogP contribution in [0.1, 0.15) is 6.92 Å². The van der Waals surface area contributed by atoms with E-state index < -0.39 is 15.5 Å². The number of nitrogens with zero attached hydrogens (tertiary/aromatic N) is 3. The highest BCUT2D eigenvalue weighted by Crippen LogP contribution is 2.27. The molecular formula is C8H9N5O4. The van der Waals surface area contributed by atoms with Gasteiger partial charge in [0.25, 0.3) is 5.69 Å². The van der Waals surface area contributed by atoms with Gasteiger partial charge in [-0.05, 0) is 6.07 Å². The molecule has 0 aromatic heterocycles. The van der Waals surface area contributed by atoms with Crippen molar-refractivity contribution >= 4 is 17.1 Å². The van der Waals surface area contributed by atoms with Crippen molar-refractivity contribution in [1.29, 1.82) is 5.26 Å². The number of non-ortho nitro benzene ring substituents is 1. The van der Waals surface area contributed by atoms with Crippen LogP contribution in [-0.2, 0) is 0 Å². The van der Waals surface area contributed by atoms with E-state index in [-0.39, 0.29) is 11.4 Å². The summed E-state index contributed by atoms with van der Waals surface area (Å²) in [5.74, 6) is 4.99. The molecule has 0 aliphatic rings. The van der Waals surface area contributed by atoms with Gasteiger partial charge in [0, 0.05) is 13.0 Å². The first kappa shape index (κ1) is 14.3. The highest BCUT2D eigenvalue weighted by atomic mass is 16.6. The van der Waals surface area contributed by atoms with Crippen LogP contribution in [0.15, 0.2) is 18.2 Å². The zero-order valence-corrected chi connectivity index (χ0v) is 8.78. The summed E-state index contributed by atoms with van der Waals surface area (Å²) in [5.41, 5.74) is 1.33. The van der Waals surface area contributed by atoms with Gasteiger partial charge in [-0.15, -0.1) is 0 Å². The van der Waals surface area contributed by atoms with Crippen LogP contribution < -0.4 is 11.3 Å². The Bertz CT molecular complexity index is 467. The van der Waals surface area contributed by atoms with Crippen molar-refractivity contribution < 1.29 is 9.85 Å². The van der Waals surface area contributed by atoms with E-state index >= 15 is 0 Å². The van der Waals surface area contributed by atoms with Crippen molar-refractivity contribution in [2.24, 2.45) is 5.84 Å². The van der Waals surface area contributed by atoms with Crippen molar-refractivity contribution in [2.75, 3.05) is 5.43 Å². The number of hydrogen-bond acceptors (Lipinski definition) is 7. The Morgan fingerprint density at radius 1 is 1.35 bits per heavy atom. The van der Waals surface area contributed by atoms with Crippen LogP contribution in [-0.4, -0.2) is 9.85 Å². The lowest BCUT2D eigenvalue weighted by molar-refractivity contribution is -0.393. The summed E-state index contributed by atoms with van der Waals surface area (Å²) in [5, 5.41) is 28.1. The number of nitrogens with one attached hydrogen (secondary N) is 1. The first-order valence-corrected chi connectivity index (χ1v) is 4.18. The molecule has 0 fully saturated rings. The fourth-order valence-electron chi connectivity index (χ4n) is 0.907. The lowest BCUT2D eigenvalue weighted by Gasteiger charge is -2.00. The van der Waals surface area contributed by atoms with Gasteiger partial charge in [-0.3, -0.25) is 26.1 Å². The second-order valence-electron chi connectivity index (χ2n) is 2.58. The fourth-order valence-corrected chi connectivity index (χ4v) is 0.907. The topological polar surface area (TPSA) is 148 Å². The Labute approximate surface area is 95.7 Å². The van der Waals surface area contributed by atoms with Crippen molar-refractivity contribution in [2.45, 2.75) is 6.92 Å². The standard InChI is InChI=1S/C6H6N4O4.C2H3N/c7-8-5-2-1-4(9(11)12)3-6(5)10(13)14;1-2-3/h1-3,8H,7H2;1H3. The number of anilines is 1.